The first-order chi connectivity index (χ1) is 11.5. The maximum atomic E-state index is 12.8. The monoisotopic (exact) mass is 329 g/mol. The van der Waals surface area contributed by atoms with E-state index >= 15 is 0 Å². The van der Waals surface area contributed by atoms with Crippen molar-refractivity contribution in [2.45, 2.75) is 32.7 Å². The molecule has 0 radical (unpaired) electrons. The van der Waals surface area contributed by atoms with Crippen LogP contribution >= 0.6 is 0 Å². The van der Waals surface area contributed by atoms with Crippen LogP contribution in [0.1, 0.15) is 36.0 Å². The minimum atomic E-state index is -0.139. The van der Waals surface area contributed by atoms with E-state index < -0.39 is 0 Å². The number of likely N-dealkylation sites (tertiary alicyclic amines) is 1. The highest BCUT2D eigenvalue weighted by Gasteiger charge is 2.33. The second kappa shape index (κ2) is 6.51. The Balaban J connectivity index is 1.79. The Morgan fingerprint density at radius 1 is 1.33 bits per heavy atom. The van der Waals surface area contributed by atoms with Crippen molar-refractivity contribution in [3.63, 3.8) is 0 Å². The molecule has 0 saturated carbocycles. The molecule has 128 valence electrons. The third-order valence-corrected chi connectivity index (χ3v) is 4.17. The van der Waals surface area contributed by atoms with Gasteiger partial charge in [-0.15, -0.1) is 0 Å². The second-order valence-electron chi connectivity index (χ2n) is 6.37. The first-order valence-electron chi connectivity index (χ1n) is 8.11. The highest BCUT2D eigenvalue weighted by Crippen LogP contribution is 2.33. The number of hydrogen-bond acceptors (Lipinski definition) is 5. The Bertz CT molecular complexity index is 740. The van der Waals surface area contributed by atoms with E-state index in [-0.39, 0.29) is 12.1 Å². The quantitative estimate of drug-likeness (QED) is 0.936. The average Bonchev–Trinajstić information content (AvgIpc) is 3.17. The van der Waals surface area contributed by atoms with Crippen molar-refractivity contribution < 1.29 is 9.32 Å². The standard InChI is InChI=1S/C17H23N5O2/c1-11-7-8-13(16(18-11)21(3)4)19-17(23)22-9-5-6-14(22)15-10-12(2)20-24-15/h7-8,10,14H,5-6,9H2,1-4H3,(H,19,23)/t14-/m0/s1. The van der Waals surface area contributed by atoms with Crippen LogP contribution in [0.5, 0.6) is 0 Å². The summed E-state index contributed by atoms with van der Waals surface area (Å²) in [5.41, 5.74) is 2.44. The van der Waals surface area contributed by atoms with Crippen LogP contribution < -0.4 is 10.2 Å². The van der Waals surface area contributed by atoms with Crippen LogP contribution in [0.4, 0.5) is 16.3 Å². The van der Waals surface area contributed by atoms with Crippen LogP contribution in [0.25, 0.3) is 0 Å². The summed E-state index contributed by atoms with van der Waals surface area (Å²) in [6.07, 6.45) is 1.83. The molecule has 0 unspecified atom stereocenters. The first kappa shape index (κ1) is 16.3. The topological polar surface area (TPSA) is 74.5 Å². The number of urea groups is 1. The predicted molar refractivity (Wildman–Crippen MR) is 92.2 cm³/mol. The second-order valence-corrected chi connectivity index (χ2v) is 6.37. The summed E-state index contributed by atoms with van der Waals surface area (Å²) in [5, 5.41) is 6.92. The molecule has 7 nitrogen and oxygen atoms in total. The van der Waals surface area contributed by atoms with Gasteiger partial charge < -0.3 is 19.6 Å². The molecule has 1 saturated heterocycles. The molecule has 1 N–H and O–H groups in total. The van der Waals surface area contributed by atoms with Crippen LogP contribution in [-0.2, 0) is 0 Å². The van der Waals surface area contributed by atoms with Crippen molar-refractivity contribution in [2.24, 2.45) is 0 Å². The Labute approximate surface area is 141 Å². The Hall–Kier alpha value is -2.57. The number of carbonyl (C=O) groups excluding carboxylic acids is 1. The smallest absolute Gasteiger partial charge is 0.322 e. The molecule has 1 fully saturated rings. The van der Waals surface area contributed by atoms with Crippen LogP contribution in [0.3, 0.4) is 0 Å². The van der Waals surface area contributed by atoms with E-state index in [9.17, 15) is 4.79 Å². The van der Waals surface area contributed by atoms with Gasteiger partial charge in [-0.1, -0.05) is 5.16 Å². The highest BCUT2D eigenvalue weighted by molar-refractivity contribution is 5.92. The molecule has 0 spiro atoms. The van der Waals surface area contributed by atoms with Crippen molar-refractivity contribution in [1.82, 2.24) is 15.0 Å². The summed E-state index contributed by atoms with van der Waals surface area (Å²) in [6.45, 7) is 4.52. The minimum Gasteiger partial charge on any atom is -0.361 e. The summed E-state index contributed by atoms with van der Waals surface area (Å²) >= 11 is 0. The SMILES string of the molecule is Cc1cc([C@@H]2CCCN2C(=O)Nc2ccc(C)nc2N(C)C)on1. The van der Waals surface area contributed by atoms with E-state index in [0.29, 0.717) is 12.2 Å². The first-order valence-corrected chi connectivity index (χ1v) is 8.11. The molecule has 1 aliphatic heterocycles. The van der Waals surface area contributed by atoms with E-state index in [2.05, 4.69) is 15.5 Å². The summed E-state index contributed by atoms with van der Waals surface area (Å²) in [5.74, 6) is 1.49. The van der Waals surface area contributed by atoms with Crippen molar-refractivity contribution in [3.8, 4) is 0 Å². The lowest BCUT2D eigenvalue weighted by molar-refractivity contribution is 0.195. The molecular formula is C17H23N5O2. The Kier molecular flexibility index (Phi) is 4.42. The van der Waals surface area contributed by atoms with Crippen molar-refractivity contribution in [2.75, 3.05) is 30.9 Å². The van der Waals surface area contributed by atoms with Gasteiger partial charge in [-0.05, 0) is 38.8 Å². The number of pyridine rings is 1. The lowest BCUT2D eigenvalue weighted by Gasteiger charge is -2.24. The van der Waals surface area contributed by atoms with Gasteiger partial charge >= 0.3 is 6.03 Å². The van der Waals surface area contributed by atoms with E-state index in [1.54, 1.807) is 4.90 Å². The van der Waals surface area contributed by atoms with Gasteiger partial charge in [0.2, 0.25) is 0 Å². The number of anilines is 2. The molecule has 0 aliphatic carbocycles. The summed E-state index contributed by atoms with van der Waals surface area (Å²) in [4.78, 5) is 21.0. The fourth-order valence-corrected chi connectivity index (χ4v) is 3.01. The number of carbonyl (C=O) groups is 1. The van der Waals surface area contributed by atoms with Crippen molar-refractivity contribution in [3.05, 3.63) is 35.3 Å². The zero-order valence-corrected chi connectivity index (χ0v) is 14.5. The normalized spacial score (nSPS) is 17.2. The van der Waals surface area contributed by atoms with Gasteiger partial charge in [-0.3, -0.25) is 0 Å². The summed E-state index contributed by atoms with van der Waals surface area (Å²) < 4.78 is 5.36. The number of rotatable bonds is 3. The predicted octanol–water partition coefficient (Wildman–Crippen LogP) is 3.12. The molecule has 3 rings (SSSR count). The Morgan fingerprint density at radius 2 is 2.12 bits per heavy atom. The molecule has 1 aliphatic rings. The average molecular weight is 329 g/mol. The molecule has 24 heavy (non-hydrogen) atoms. The molecule has 2 amide bonds. The fourth-order valence-electron chi connectivity index (χ4n) is 3.01. The van der Waals surface area contributed by atoms with Crippen LogP contribution in [0.2, 0.25) is 0 Å². The number of hydrogen-bond donors (Lipinski definition) is 1. The van der Waals surface area contributed by atoms with E-state index in [1.165, 1.54) is 0 Å². The number of aromatic nitrogens is 2. The van der Waals surface area contributed by atoms with E-state index in [1.807, 2.05) is 51.0 Å². The van der Waals surface area contributed by atoms with Gasteiger partial charge in [0.1, 0.15) is 0 Å². The third-order valence-electron chi connectivity index (χ3n) is 4.17. The summed E-state index contributed by atoms with van der Waals surface area (Å²) in [6, 6.07) is 5.48. The van der Waals surface area contributed by atoms with Gasteiger partial charge in [0.05, 0.1) is 17.4 Å². The number of amides is 2. The molecule has 1 atom stereocenters. The number of nitrogens with one attached hydrogen (secondary N) is 1. The largest absolute Gasteiger partial charge is 0.361 e. The van der Waals surface area contributed by atoms with E-state index in [0.717, 1.165) is 35.8 Å². The van der Waals surface area contributed by atoms with Gasteiger partial charge in [0.25, 0.3) is 0 Å². The third kappa shape index (κ3) is 3.20. The maximum Gasteiger partial charge on any atom is 0.322 e. The van der Waals surface area contributed by atoms with Crippen molar-refractivity contribution >= 4 is 17.5 Å². The molecule has 3 heterocycles. The molecule has 2 aromatic rings. The van der Waals surface area contributed by atoms with Crippen LogP contribution in [0, 0.1) is 13.8 Å². The molecule has 2 aromatic heterocycles. The highest BCUT2D eigenvalue weighted by atomic mass is 16.5. The van der Waals surface area contributed by atoms with Gasteiger partial charge in [-0.25, -0.2) is 9.78 Å². The Morgan fingerprint density at radius 3 is 2.79 bits per heavy atom. The lowest BCUT2D eigenvalue weighted by Crippen LogP contribution is -2.34. The van der Waals surface area contributed by atoms with E-state index in [4.69, 9.17) is 4.52 Å². The van der Waals surface area contributed by atoms with Crippen LogP contribution in [0.15, 0.2) is 22.7 Å². The minimum absolute atomic E-state index is 0.0626. The zero-order valence-electron chi connectivity index (χ0n) is 14.5. The van der Waals surface area contributed by atoms with Gasteiger partial charge in [-0.2, -0.15) is 0 Å². The molecule has 7 heteroatoms. The number of aryl methyl sites for hydroxylation is 2. The van der Waals surface area contributed by atoms with Crippen LogP contribution in [-0.4, -0.2) is 41.7 Å². The molecule has 0 aromatic carbocycles. The van der Waals surface area contributed by atoms with Crippen molar-refractivity contribution in [1.29, 1.82) is 0 Å². The zero-order chi connectivity index (χ0) is 17.3. The summed E-state index contributed by atoms with van der Waals surface area (Å²) in [7, 11) is 3.82. The van der Waals surface area contributed by atoms with Gasteiger partial charge in [0, 0.05) is 32.4 Å². The fraction of sp³-hybridized carbons (Fsp3) is 0.471. The number of nitrogens with zero attached hydrogens (tertiary/aromatic N) is 4. The lowest BCUT2D eigenvalue weighted by atomic mass is 10.1. The van der Waals surface area contributed by atoms with Gasteiger partial charge in [0.15, 0.2) is 11.6 Å². The maximum absolute atomic E-state index is 12.8. The molecular weight excluding hydrogens is 306 g/mol. The molecule has 0 bridgehead atoms.